The average molecular weight is 377 g/mol. The van der Waals surface area contributed by atoms with Crippen LogP contribution in [0.25, 0.3) is 10.9 Å². The largest absolute Gasteiger partial charge is 0.379 e. The molecule has 5 rings (SSSR count). The van der Waals surface area contributed by atoms with Crippen LogP contribution in [0.15, 0.2) is 36.4 Å². The molecule has 0 bridgehead atoms. The maximum absolute atomic E-state index is 5.63. The summed E-state index contributed by atoms with van der Waals surface area (Å²) >= 11 is 0. The van der Waals surface area contributed by atoms with Crippen molar-refractivity contribution in [3.05, 3.63) is 53.3 Å². The molecule has 1 N–H and O–H groups in total. The summed E-state index contributed by atoms with van der Waals surface area (Å²) in [6, 6.07) is 12.6. The first-order valence-corrected chi connectivity index (χ1v) is 9.64. The number of fused-ring (bicyclic) bond motifs is 2. The van der Waals surface area contributed by atoms with Gasteiger partial charge in [0.05, 0.1) is 49.3 Å². The Kier molecular flexibility index (Phi) is 4.54. The Morgan fingerprint density at radius 2 is 2.00 bits per heavy atom. The van der Waals surface area contributed by atoms with Crippen LogP contribution >= 0.6 is 0 Å². The van der Waals surface area contributed by atoms with Crippen LogP contribution in [-0.2, 0) is 29.2 Å². The Morgan fingerprint density at radius 1 is 1.07 bits per heavy atom. The Morgan fingerprint density at radius 3 is 2.89 bits per heavy atom. The minimum atomic E-state index is 0.342. The number of likely N-dealkylation sites (N-methyl/N-ethyl adjacent to an activating group) is 1. The van der Waals surface area contributed by atoms with E-state index in [1.54, 1.807) is 0 Å². The summed E-state index contributed by atoms with van der Waals surface area (Å²) in [5, 5.41) is 4.48. The molecule has 144 valence electrons. The van der Waals surface area contributed by atoms with Gasteiger partial charge in [-0.05, 0) is 18.6 Å². The predicted molar refractivity (Wildman–Crippen MR) is 107 cm³/mol. The summed E-state index contributed by atoms with van der Waals surface area (Å²) in [4.78, 5) is 16.4. The number of nitrogens with one attached hydrogen (secondary N) is 1. The van der Waals surface area contributed by atoms with Gasteiger partial charge < -0.3 is 19.7 Å². The molecular formula is C21H23N5O2. The molecule has 0 spiro atoms. The maximum Gasteiger partial charge on any atom is 0.225 e. The zero-order valence-corrected chi connectivity index (χ0v) is 15.9. The first-order chi connectivity index (χ1) is 13.8. The molecule has 1 fully saturated rings. The molecule has 2 aromatic heterocycles. The molecule has 0 radical (unpaired) electrons. The van der Waals surface area contributed by atoms with Crippen molar-refractivity contribution >= 4 is 22.7 Å². The molecule has 0 aliphatic carbocycles. The Bertz CT molecular complexity index is 1000. The molecule has 2 aliphatic heterocycles. The topological polar surface area (TPSA) is 72.4 Å². The van der Waals surface area contributed by atoms with Crippen molar-refractivity contribution < 1.29 is 9.47 Å². The van der Waals surface area contributed by atoms with E-state index in [1.807, 2.05) is 24.3 Å². The first-order valence-electron chi connectivity index (χ1n) is 9.64. The number of benzene rings is 1. The van der Waals surface area contributed by atoms with E-state index in [0.717, 1.165) is 53.3 Å². The number of anilines is 2. The molecule has 0 amide bonds. The zero-order chi connectivity index (χ0) is 18.9. The molecule has 28 heavy (non-hydrogen) atoms. The van der Waals surface area contributed by atoms with Crippen LogP contribution in [0.3, 0.4) is 0 Å². The van der Waals surface area contributed by atoms with Gasteiger partial charge in [-0.15, -0.1) is 0 Å². The van der Waals surface area contributed by atoms with E-state index in [-0.39, 0.29) is 0 Å². The smallest absolute Gasteiger partial charge is 0.225 e. The summed E-state index contributed by atoms with van der Waals surface area (Å²) in [5.41, 5.74) is 4.00. The van der Waals surface area contributed by atoms with Gasteiger partial charge in [0.2, 0.25) is 5.95 Å². The fraction of sp³-hybridized carbons (Fsp3) is 0.381. The van der Waals surface area contributed by atoms with Gasteiger partial charge in [0, 0.05) is 24.6 Å². The number of hydrogen-bond donors (Lipinski definition) is 1. The fourth-order valence-electron chi connectivity index (χ4n) is 3.78. The van der Waals surface area contributed by atoms with Gasteiger partial charge >= 0.3 is 0 Å². The number of pyridine rings is 1. The van der Waals surface area contributed by atoms with Gasteiger partial charge in [0.15, 0.2) is 0 Å². The van der Waals surface area contributed by atoms with Crippen molar-refractivity contribution in [2.75, 3.05) is 30.5 Å². The van der Waals surface area contributed by atoms with Gasteiger partial charge in [-0.1, -0.05) is 24.3 Å². The van der Waals surface area contributed by atoms with E-state index in [2.05, 4.69) is 34.4 Å². The van der Waals surface area contributed by atoms with Gasteiger partial charge in [-0.2, -0.15) is 4.98 Å². The summed E-state index contributed by atoms with van der Waals surface area (Å²) < 4.78 is 11.2. The van der Waals surface area contributed by atoms with Crippen molar-refractivity contribution in [2.45, 2.75) is 32.2 Å². The zero-order valence-electron chi connectivity index (χ0n) is 15.9. The molecule has 3 aromatic rings. The summed E-state index contributed by atoms with van der Waals surface area (Å²) in [6.07, 6.45) is 1.01. The molecule has 7 nitrogen and oxygen atoms in total. The van der Waals surface area contributed by atoms with Crippen LogP contribution in [0.5, 0.6) is 0 Å². The van der Waals surface area contributed by atoms with Crippen LogP contribution in [0.2, 0.25) is 0 Å². The Balaban J connectivity index is 1.39. The molecule has 7 heteroatoms. The highest BCUT2D eigenvalue weighted by Gasteiger charge is 2.27. The highest BCUT2D eigenvalue weighted by Crippen LogP contribution is 2.30. The third-order valence-corrected chi connectivity index (χ3v) is 5.43. The second-order valence-corrected chi connectivity index (χ2v) is 7.27. The van der Waals surface area contributed by atoms with Crippen molar-refractivity contribution in [2.24, 2.45) is 0 Å². The van der Waals surface area contributed by atoms with Crippen LogP contribution in [0.4, 0.5) is 11.8 Å². The number of rotatable bonds is 5. The molecule has 1 aromatic carbocycles. The molecule has 2 aliphatic rings. The SMILES string of the molecule is CN(c1nc(NCc2ccc3ccccc3n2)nc2c1COC2)C1CCOC1. The van der Waals surface area contributed by atoms with E-state index in [9.17, 15) is 0 Å². The lowest BCUT2D eigenvalue weighted by Gasteiger charge is -2.26. The summed E-state index contributed by atoms with van der Waals surface area (Å²) in [7, 11) is 2.08. The maximum atomic E-state index is 5.63. The highest BCUT2D eigenvalue weighted by molar-refractivity contribution is 5.78. The number of para-hydroxylation sites is 1. The molecule has 4 heterocycles. The van der Waals surface area contributed by atoms with Gasteiger partial charge in [-0.25, -0.2) is 4.98 Å². The van der Waals surface area contributed by atoms with Gasteiger partial charge in [0.1, 0.15) is 5.82 Å². The van der Waals surface area contributed by atoms with E-state index >= 15 is 0 Å². The highest BCUT2D eigenvalue weighted by atomic mass is 16.5. The van der Waals surface area contributed by atoms with Gasteiger partial charge in [0.25, 0.3) is 0 Å². The molecule has 1 saturated heterocycles. The second kappa shape index (κ2) is 7.33. The monoisotopic (exact) mass is 377 g/mol. The molecular weight excluding hydrogens is 354 g/mol. The minimum Gasteiger partial charge on any atom is -0.379 e. The molecule has 0 saturated carbocycles. The van der Waals surface area contributed by atoms with Crippen LogP contribution < -0.4 is 10.2 Å². The molecule has 1 unspecified atom stereocenters. The third kappa shape index (κ3) is 3.27. The number of nitrogens with zero attached hydrogens (tertiary/aromatic N) is 4. The van der Waals surface area contributed by atoms with E-state index in [1.165, 1.54) is 0 Å². The summed E-state index contributed by atoms with van der Waals surface area (Å²) in [6.45, 7) is 3.20. The van der Waals surface area contributed by atoms with E-state index in [4.69, 9.17) is 19.4 Å². The van der Waals surface area contributed by atoms with Crippen molar-refractivity contribution in [1.82, 2.24) is 15.0 Å². The van der Waals surface area contributed by atoms with Crippen LogP contribution in [-0.4, -0.2) is 41.3 Å². The average Bonchev–Trinajstić information content (AvgIpc) is 3.43. The van der Waals surface area contributed by atoms with E-state index < -0.39 is 0 Å². The lowest BCUT2D eigenvalue weighted by Crippen LogP contribution is -2.33. The second-order valence-electron chi connectivity index (χ2n) is 7.27. The summed E-state index contributed by atoms with van der Waals surface area (Å²) in [5.74, 6) is 1.55. The standard InChI is InChI=1S/C21H23N5O2/c1-26(16-8-9-27-11-16)20-17-12-28-13-19(17)24-21(25-20)22-10-15-7-6-14-4-2-3-5-18(14)23-15/h2-7,16H,8-13H2,1H3,(H,22,24,25). The number of hydrogen-bond acceptors (Lipinski definition) is 7. The van der Waals surface area contributed by atoms with Crippen molar-refractivity contribution in [3.8, 4) is 0 Å². The Hall–Kier alpha value is -2.77. The minimum absolute atomic E-state index is 0.342. The number of aromatic nitrogens is 3. The number of ether oxygens (including phenoxy) is 2. The Labute approximate surface area is 163 Å². The predicted octanol–water partition coefficient (Wildman–Crippen LogP) is 2.89. The lowest BCUT2D eigenvalue weighted by atomic mass is 10.2. The molecule has 1 atom stereocenters. The van der Waals surface area contributed by atoms with Crippen molar-refractivity contribution in [3.63, 3.8) is 0 Å². The normalized spacial score (nSPS) is 18.4. The lowest BCUT2D eigenvalue weighted by molar-refractivity contribution is 0.133. The first kappa shape index (κ1) is 17.3. The van der Waals surface area contributed by atoms with E-state index in [0.29, 0.717) is 31.7 Å². The van der Waals surface area contributed by atoms with Crippen LogP contribution in [0.1, 0.15) is 23.4 Å². The fourth-order valence-corrected chi connectivity index (χ4v) is 3.78. The van der Waals surface area contributed by atoms with Crippen molar-refractivity contribution in [1.29, 1.82) is 0 Å². The quantitative estimate of drug-likeness (QED) is 0.733. The van der Waals surface area contributed by atoms with Gasteiger partial charge in [-0.3, -0.25) is 4.98 Å². The third-order valence-electron chi connectivity index (χ3n) is 5.43. The van der Waals surface area contributed by atoms with Crippen LogP contribution in [0, 0.1) is 0 Å².